The topological polar surface area (TPSA) is 9.86 Å². The Labute approximate surface area is 342 Å². The van der Waals surface area contributed by atoms with Crippen molar-refractivity contribution in [2.75, 3.05) is 0 Å². The highest BCUT2D eigenvalue weighted by Gasteiger charge is 2.21. The highest BCUT2D eigenvalue weighted by Crippen LogP contribution is 2.45. The monoisotopic (exact) mass is 774 g/mol. The van der Waals surface area contributed by atoms with Gasteiger partial charge in [-0.15, -0.1) is 22.7 Å². The lowest BCUT2D eigenvalue weighted by atomic mass is 9.88. The minimum atomic E-state index is 0.336. The third kappa shape index (κ3) is 4.64. The van der Waals surface area contributed by atoms with Crippen molar-refractivity contribution in [2.45, 2.75) is 12.3 Å². The Morgan fingerprint density at radius 2 is 0.897 bits per heavy atom. The van der Waals surface area contributed by atoms with Gasteiger partial charge in [0.05, 0.1) is 22.1 Å². The van der Waals surface area contributed by atoms with E-state index in [1.165, 1.54) is 112 Å². The van der Waals surface area contributed by atoms with Crippen molar-refractivity contribution in [3.63, 3.8) is 0 Å². The van der Waals surface area contributed by atoms with E-state index in [-0.39, 0.29) is 0 Å². The fraction of sp³-hybridized carbons (Fsp3) is 0.0370. The van der Waals surface area contributed by atoms with Crippen molar-refractivity contribution < 1.29 is 0 Å². The van der Waals surface area contributed by atoms with Crippen molar-refractivity contribution >= 4 is 112 Å². The Kier molecular flexibility index (Phi) is 6.91. The van der Waals surface area contributed by atoms with Gasteiger partial charge in [0.2, 0.25) is 0 Å². The van der Waals surface area contributed by atoms with Gasteiger partial charge in [0.25, 0.3) is 0 Å². The lowest BCUT2D eigenvalue weighted by Crippen LogP contribution is -2.00. The fourth-order valence-corrected chi connectivity index (χ4v) is 12.0. The average molecular weight is 775 g/mol. The van der Waals surface area contributed by atoms with Gasteiger partial charge in [-0.1, -0.05) is 127 Å². The molecule has 272 valence electrons. The van der Waals surface area contributed by atoms with Gasteiger partial charge in [0.15, 0.2) is 0 Å². The fourth-order valence-electron chi connectivity index (χ4n) is 9.82. The molecule has 13 rings (SSSR count). The first-order valence-electron chi connectivity index (χ1n) is 20.0. The molecular formula is C54H34N2S2. The van der Waals surface area contributed by atoms with E-state index >= 15 is 0 Å². The quantitative estimate of drug-likeness (QED) is 0.169. The van der Waals surface area contributed by atoms with Crippen LogP contribution in [0.4, 0.5) is 0 Å². The zero-order chi connectivity index (χ0) is 37.9. The second-order valence-electron chi connectivity index (χ2n) is 15.6. The molecule has 0 saturated carbocycles. The van der Waals surface area contributed by atoms with Crippen LogP contribution < -0.4 is 0 Å². The normalized spacial score (nSPS) is 14.7. The molecule has 12 aromatic rings. The van der Waals surface area contributed by atoms with Crippen LogP contribution in [-0.2, 0) is 0 Å². The molecule has 4 heterocycles. The van der Waals surface area contributed by atoms with Gasteiger partial charge >= 0.3 is 0 Å². The van der Waals surface area contributed by atoms with Crippen LogP contribution >= 0.6 is 22.7 Å². The van der Waals surface area contributed by atoms with Gasteiger partial charge < -0.3 is 9.13 Å². The number of allylic oxidation sites excluding steroid dienone is 4. The van der Waals surface area contributed by atoms with Crippen molar-refractivity contribution in [3.8, 4) is 11.4 Å². The second kappa shape index (κ2) is 12.4. The Morgan fingerprint density at radius 1 is 0.414 bits per heavy atom. The highest BCUT2D eigenvalue weighted by molar-refractivity contribution is 7.26. The molecule has 1 atom stereocenters. The predicted octanol–water partition coefficient (Wildman–Crippen LogP) is 15.7. The number of para-hydroxylation sites is 2. The third-order valence-electron chi connectivity index (χ3n) is 12.5. The summed E-state index contributed by atoms with van der Waals surface area (Å²) >= 11 is 3.77. The van der Waals surface area contributed by atoms with Gasteiger partial charge in [-0.25, -0.2) is 0 Å². The number of fused-ring (bicyclic) bond motifs is 14. The van der Waals surface area contributed by atoms with Gasteiger partial charge in [-0.05, 0) is 83.8 Å². The molecule has 0 fully saturated rings. The second-order valence-corrected chi connectivity index (χ2v) is 17.7. The van der Waals surface area contributed by atoms with Crippen LogP contribution in [-0.4, -0.2) is 9.13 Å². The molecule has 0 aliphatic heterocycles. The largest absolute Gasteiger partial charge is 0.309 e. The number of rotatable bonds is 4. The molecule has 1 aliphatic rings. The molecule has 4 aromatic heterocycles. The Bertz CT molecular complexity index is 3700. The summed E-state index contributed by atoms with van der Waals surface area (Å²) in [6.45, 7) is 0. The molecule has 8 aromatic carbocycles. The molecule has 2 nitrogen and oxygen atoms in total. The summed E-state index contributed by atoms with van der Waals surface area (Å²) in [5.41, 5.74) is 11.3. The van der Waals surface area contributed by atoms with E-state index in [4.69, 9.17) is 0 Å². The summed E-state index contributed by atoms with van der Waals surface area (Å²) in [6.07, 6.45) is 8.11. The Hall–Kier alpha value is -6.72. The van der Waals surface area contributed by atoms with Crippen LogP contribution in [0.2, 0.25) is 0 Å². The summed E-state index contributed by atoms with van der Waals surface area (Å²) in [5.74, 6) is 0.336. The standard InChI is InChI=1S/C54H34N2S2/c1-5-13-45-39(9-1)41-29-31-49-51(43-11-3-7-15-47(43)57-49)53(41)55(45)37-25-21-35(22-26-37)33-17-19-34(20-18-33)36-23-27-38(28-24-36)56-46-14-6-2-10-40(46)42-30-32-50-52(54(42)56)44-12-4-8-16-48(44)58-50/h1-19,21-32,34H,20H2. The molecule has 0 N–H and O–H groups in total. The first kappa shape index (κ1) is 32.4. The first-order valence-corrected chi connectivity index (χ1v) is 21.7. The van der Waals surface area contributed by atoms with Crippen LogP contribution in [0.5, 0.6) is 0 Å². The number of thiophene rings is 2. The zero-order valence-electron chi connectivity index (χ0n) is 31.4. The molecular weight excluding hydrogens is 741 g/mol. The molecule has 1 unspecified atom stereocenters. The van der Waals surface area contributed by atoms with E-state index in [2.05, 4.69) is 197 Å². The maximum Gasteiger partial charge on any atom is 0.0634 e. The van der Waals surface area contributed by atoms with E-state index in [1.807, 2.05) is 22.7 Å². The SMILES string of the molecule is C1=CC(c2ccc(-n3c4ccccc4c4ccc5sc6ccccc6c5c43)cc2)CC=C1c1ccc(-n2c3ccccc3c3ccc4sc5ccccc5c4c32)cc1. The molecule has 0 amide bonds. The number of hydrogen-bond acceptors (Lipinski definition) is 2. The Morgan fingerprint density at radius 3 is 1.41 bits per heavy atom. The minimum absolute atomic E-state index is 0.336. The smallest absolute Gasteiger partial charge is 0.0634 e. The minimum Gasteiger partial charge on any atom is -0.309 e. The van der Waals surface area contributed by atoms with Crippen LogP contribution in [0.15, 0.2) is 188 Å². The van der Waals surface area contributed by atoms with Crippen molar-refractivity contribution in [2.24, 2.45) is 0 Å². The maximum absolute atomic E-state index is 2.48. The van der Waals surface area contributed by atoms with E-state index < -0.39 is 0 Å². The summed E-state index contributed by atoms with van der Waals surface area (Å²) in [7, 11) is 0. The lowest BCUT2D eigenvalue weighted by Gasteiger charge is -2.18. The molecule has 1 aliphatic carbocycles. The average Bonchev–Trinajstić information content (AvgIpc) is 4.04. The first-order chi connectivity index (χ1) is 28.8. The Balaban J connectivity index is 0.833. The number of benzene rings is 8. The van der Waals surface area contributed by atoms with Crippen LogP contribution in [0.25, 0.3) is 101 Å². The van der Waals surface area contributed by atoms with Gasteiger partial charge in [0, 0.05) is 79.2 Å². The van der Waals surface area contributed by atoms with Gasteiger partial charge in [-0.3, -0.25) is 0 Å². The van der Waals surface area contributed by atoms with E-state index in [0.29, 0.717) is 5.92 Å². The number of aromatic nitrogens is 2. The van der Waals surface area contributed by atoms with Gasteiger partial charge in [0.1, 0.15) is 0 Å². The zero-order valence-corrected chi connectivity index (χ0v) is 33.0. The van der Waals surface area contributed by atoms with E-state index in [1.54, 1.807) is 0 Å². The summed E-state index contributed by atoms with van der Waals surface area (Å²) in [6, 6.07) is 63.1. The maximum atomic E-state index is 2.48. The molecule has 0 radical (unpaired) electrons. The molecule has 58 heavy (non-hydrogen) atoms. The molecule has 0 bridgehead atoms. The van der Waals surface area contributed by atoms with Crippen molar-refractivity contribution in [1.82, 2.24) is 9.13 Å². The van der Waals surface area contributed by atoms with Gasteiger partial charge in [-0.2, -0.15) is 0 Å². The van der Waals surface area contributed by atoms with Crippen LogP contribution in [0.3, 0.4) is 0 Å². The van der Waals surface area contributed by atoms with Crippen LogP contribution in [0, 0.1) is 0 Å². The lowest BCUT2D eigenvalue weighted by molar-refractivity contribution is 0.856. The molecule has 0 saturated heterocycles. The summed E-state index contributed by atoms with van der Waals surface area (Å²) in [4.78, 5) is 0. The van der Waals surface area contributed by atoms with Crippen molar-refractivity contribution in [1.29, 1.82) is 0 Å². The summed E-state index contributed by atoms with van der Waals surface area (Å²) < 4.78 is 10.3. The predicted molar refractivity (Wildman–Crippen MR) is 252 cm³/mol. The number of nitrogens with zero attached hydrogens (tertiary/aromatic N) is 2. The van der Waals surface area contributed by atoms with E-state index in [9.17, 15) is 0 Å². The molecule has 0 spiro atoms. The van der Waals surface area contributed by atoms with Crippen molar-refractivity contribution in [3.05, 3.63) is 199 Å². The number of hydrogen-bond donors (Lipinski definition) is 0. The molecule has 4 heteroatoms. The van der Waals surface area contributed by atoms with E-state index in [0.717, 1.165) is 6.42 Å². The third-order valence-corrected chi connectivity index (χ3v) is 14.8. The summed E-state index contributed by atoms with van der Waals surface area (Å²) in [5, 5.41) is 10.6. The highest BCUT2D eigenvalue weighted by atomic mass is 32.1. The van der Waals surface area contributed by atoms with Crippen LogP contribution in [0.1, 0.15) is 23.5 Å².